The van der Waals surface area contributed by atoms with Gasteiger partial charge < -0.3 is 19.7 Å². The molecule has 2 aromatic carbocycles. The van der Waals surface area contributed by atoms with Crippen molar-refractivity contribution >= 4 is 33.3 Å². The molecular formula is C24H23BrN4O3. The molecule has 1 N–H and O–H groups in total. The summed E-state index contributed by atoms with van der Waals surface area (Å²) in [5, 5.41) is 12.7. The standard InChI is InChI=1S/C24H23BrN4O3/c1-3-31-23(30)19-6-5-7-20-22(19)28(24(27-20)32-4-2)15-16-8-10-17(11-9-16)29-18(14-26)12-13-21(29)25/h5-13,24,27H,3-4,15H2,1-2H3. The van der Waals surface area contributed by atoms with Gasteiger partial charge in [-0.1, -0.05) is 18.2 Å². The first kappa shape index (κ1) is 21.9. The van der Waals surface area contributed by atoms with Crippen LogP contribution in [0.2, 0.25) is 0 Å². The van der Waals surface area contributed by atoms with Gasteiger partial charge >= 0.3 is 5.97 Å². The minimum Gasteiger partial charge on any atom is -0.462 e. The van der Waals surface area contributed by atoms with E-state index in [0.717, 1.165) is 27.2 Å². The molecule has 0 aliphatic carbocycles. The van der Waals surface area contributed by atoms with Crippen LogP contribution in [0.1, 0.15) is 35.5 Å². The maximum atomic E-state index is 12.6. The summed E-state index contributed by atoms with van der Waals surface area (Å²) in [5.41, 5.74) is 4.58. The lowest BCUT2D eigenvalue weighted by atomic mass is 10.1. The third kappa shape index (κ3) is 4.09. The highest BCUT2D eigenvalue weighted by atomic mass is 79.9. The number of hydrogen-bond acceptors (Lipinski definition) is 6. The van der Waals surface area contributed by atoms with Gasteiger partial charge in [0.25, 0.3) is 0 Å². The van der Waals surface area contributed by atoms with Crippen molar-refractivity contribution in [2.75, 3.05) is 23.4 Å². The van der Waals surface area contributed by atoms with Crippen LogP contribution in [-0.4, -0.2) is 30.1 Å². The zero-order chi connectivity index (χ0) is 22.7. The molecule has 0 fully saturated rings. The van der Waals surface area contributed by atoms with E-state index in [1.165, 1.54) is 0 Å². The zero-order valence-electron chi connectivity index (χ0n) is 17.8. The van der Waals surface area contributed by atoms with Crippen LogP contribution < -0.4 is 10.2 Å². The quantitative estimate of drug-likeness (QED) is 0.463. The summed E-state index contributed by atoms with van der Waals surface area (Å²) in [6, 6.07) is 19.3. The fraction of sp³-hybridized carbons (Fsp3) is 0.250. The van der Waals surface area contributed by atoms with E-state index >= 15 is 0 Å². The molecule has 4 rings (SSSR count). The third-order valence-corrected chi connectivity index (χ3v) is 5.82. The molecule has 7 nitrogen and oxygen atoms in total. The number of rotatable bonds is 7. The van der Waals surface area contributed by atoms with Gasteiger partial charge in [-0.05, 0) is 71.7 Å². The number of halogens is 1. The van der Waals surface area contributed by atoms with E-state index in [0.29, 0.717) is 31.0 Å². The SMILES string of the molecule is CCOC(=O)c1cccc2c1N(Cc1ccc(-n3c(Br)ccc3C#N)cc1)C(OCC)N2. The van der Waals surface area contributed by atoms with Gasteiger partial charge in [-0.2, -0.15) is 5.26 Å². The monoisotopic (exact) mass is 494 g/mol. The minimum atomic E-state index is -0.394. The van der Waals surface area contributed by atoms with Crippen LogP contribution in [-0.2, 0) is 16.0 Å². The average molecular weight is 495 g/mol. The predicted octanol–water partition coefficient (Wildman–Crippen LogP) is 5.04. The van der Waals surface area contributed by atoms with Crippen LogP contribution in [0.3, 0.4) is 0 Å². The van der Waals surface area contributed by atoms with Gasteiger partial charge in [0, 0.05) is 18.8 Å². The molecule has 1 aromatic heterocycles. The molecule has 0 radical (unpaired) electrons. The van der Waals surface area contributed by atoms with Gasteiger partial charge in [0.05, 0.1) is 28.1 Å². The summed E-state index contributed by atoms with van der Waals surface area (Å²) >= 11 is 3.50. The van der Waals surface area contributed by atoms with Crippen LogP contribution >= 0.6 is 15.9 Å². The molecular weight excluding hydrogens is 472 g/mol. The zero-order valence-corrected chi connectivity index (χ0v) is 19.4. The van der Waals surface area contributed by atoms with Crippen LogP contribution in [0, 0.1) is 11.3 Å². The summed E-state index contributed by atoms with van der Waals surface area (Å²) < 4.78 is 13.8. The molecule has 2 heterocycles. The first-order valence-electron chi connectivity index (χ1n) is 10.4. The molecule has 0 spiro atoms. The number of esters is 1. The topological polar surface area (TPSA) is 79.5 Å². The maximum Gasteiger partial charge on any atom is 0.340 e. The van der Waals surface area contributed by atoms with Crippen molar-refractivity contribution in [2.45, 2.75) is 26.7 Å². The predicted molar refractivity (Wildman–Crippen MR) is 126 cm³/mol. The second kappa shape index (κ2) is 9.47. The van der Waals surface area contributed by atoms with Crippen molar-refractivity contribution in [3.05, 3.63) is 76.0 Å². The molecule has 1 aliphatic heterocycles. The van der Waals surface area contributed by atoms with Crippen LogP contribution in [0.5, 0.6) is 0 Å². The van der Waals surface area contributed by atoms with Gasteiger partial charge in [-0.3, -0.25) is 4.57 Å². The molecule has 0 saturated heterocycles. The van der Waals surface area contributed by atoms with Gasteiger partial charge in [0.1, 0.15) is 11.8 Å². The number of benzene rings is 2. The van der Waals surface area contributed by atoms with Crippen molar-refractivity contribution < 1.29 is 14.3 Å². The second-order valence-corrected chi connectivity index (χ2v) is 7.97. The number of nitrogens with zero attached hydrogens (tertiary/aromatic N) is 3. The van der Waals surface area contributed by atoms with Crippen molar-refractivity contribution in [3.8, 4) is 11.8 Å². The van der Waals surface area contributed by atoms with Crippen molar-refractivity contribution in [1.82, 2.24) is 4.57 Å². The fourth-order valence-electron chi connectivity index (χ4n) is 3.83. The first-order chi connectivity index (χ1) is 15.6. The van der Waals surface area contributed by atoms with Crippen LogP contribution in [0.25, 0.3) is 5.69 Å². The maximum absolute atomic E-state index is 12.6. The molecule has 0 amide bonds. The van der Waals surface area contributed by atoms with E-state index in [2.05, 4.69) is 27.3 Å². The number of nitriles is 1. The molecule has 3 aromatic rings. The van der Waals surface area contributed by atoms with Gasteiger partial charge in [0.15, 0.2) is 0 Å². The number of para-hydroxylation sites is 1. The molecule has 8 heteroatoms. The number of aromatic nitrogens is 1. The Balaban J connectivity index is 1.66. The Morgan fingerprint density at radius 1 is 1.12 bits per heavy atom. The Morgan fingerprint density at radius 2 is 1.91 bits per heavy atom. The third-order valence-electron chi connectivity index (χ3n) is 5.20. The van der Waals surface area contributed by atoms with Gasteiger partial charge in [-0.25, -0.2) is 4.79 Å². The summed E-state index contributed by atoms with van der Waals surface area (Å²) in [5.74, 6) is -0.356. The number of carbonyl (C=O) groups is 1. The Hall–Kier alpha value is -3.28. The van der Waals surface area contributed by atoms with E-state index in [1.54, 1.807) is 19.1 Å². The molecule has 32 heavy (non-hydrogen) atoms. The molecule has 0 bridgehead atoms. The Bertz CT molecular complexity index is 1170. The van der Waals surface area contributed by atoms with Crippen LogP contribution in [0.15, 0.2) is 59.2 Å². The van der Waals surface area contributed by atoms with Crippen molar-refractivity contribution in [3.63, 3.8) is 0 Å². The fourth-order valence-corrected chi connectivity index (χ4v) is 4.36. The normalized spacial score (nSPS) is 14.6. The Morgan fingerprint density at radius 3 is 2.59 bits per heavy atom. The van der Waals surface area contributed by atoms with Gasteiger partial charge in [0.2, 0.25) is 6.35 Å². The molecule has 1 unspecified atom stereocenters. The lowest BCUT2D eigenvalue weighted by Gasteiger charge is -2.27. The molecule has 1 atom stereocenters. The molecule has 164 valence electrons. The lowest BCUT2D eigenvalue weighted by molar-refractivity contribution is 0.0525. The van der Waals surface area contributed by atoms with E-state index in [9.17, 15) is 10.1 Å². The summed E-state index contributed by atoms with van der Waals surface area (Å²) in [4.78, 5) is 14.6. The summed E-state index contributed by atoms with van der Waals surface area (Å²) in [7, 11) is 0. The Kier molecular flexibility index (Phi) is 6.49. The number of carbonyl (C=O) groups excluding carboxylic acids is 1. The molecule has 1 aliphatic rings. The molecule has 0 saturated carbocycles. The highest BCUT2D eigenvalue weighted by molar-refractivity contribution is 9.10. The number of fused-ring (bicyclic) bond motifs is 1. The van der Waals surface area contributed by atoms with Crippen molar-refractivity contribution in [2.24, 2.45) is 0 Å². The minimum absolute atomic E-state index is 0.311. The van der Waals surface area contributed by atoms with E-state index in [1.807, 2.05) is 58.9 Å². The van der Waals surface area contributed by atoms with Crippen LogP contribution in [0.4, 0.5) is 11.4 Å². The van der Waals surface area contributed by atoms with E-state index in [-0.39, 0.29) is 5.97 Å². The highest BCUT2D eigenvalue weighted by Gasteiger charge is 2.33. The largest absolute Gasteiger partial charge is 0.462 e. The lowest BCUT2D eigenvalue weighted by Crippen LogP contribution is -2.38. The second-order valence-electron chi connectivity index (χ2n) is 7.16. The number of nitrogens with one attached hydrogen (secondary N) is 1. The number of ether oxygens (including phenoxy) is 2. The summed E-state index contributed by atoms with van der Waals surface area (Å²) in [6.07, 6.45) is -0.394. The number of anilines is 2. The van der Waals surface area contributed by atoms with E-state index < -0.39 is 6.35 Å². The van der Waals surface area contributed by atoms with Gasteiger partial charge in [-0.15, -0.1) is 0 Å². The Labute approximate surface area is 195 Å². The van der Waals surface area contributed by atoms with Crippen molar-refractivity contribution in [1.29, 1.82) is 5.26 Å². The highest BCUT2D eigenvalue weighted by Crippen LogP contribution is 2.39. The smallest absolute Gasteiger partial charge is 0.340 e. The average Bonchev–Trinajstić information content (AvgIpc) is 3.34. The number of hydrogen-bond donors (Lipinski definition) is 1. The summed E-state index contributed by atoms with van der Waals surface area (Å²) in [6.45, 7) is 5.09. The van der Waals surface area contributed by atoms with E-state index in [4.69, 9.17) is 9.47 Å². The first-order valence-corrected chi connectivity index (χ1v) is 11.2.